The van der Waals surface area contributed by atoms with Gasteiger partial charge in [-0.05, 0) is 6.42 Å². The molecule has 1 heterocycles. The van der Waals surface area contributed by atoms with E-state index in [0.29, 0.717) is 5.57 Å². The summed E-state index contributed by atoms with van der Waals surface area (Å²) in [7, 11) is 0. The third kappa shape index (κ3) is 1.19. The molecule has 0 aromatic heterocycles. The van der Waals surface area contributed by atoms with Crippen LogP contribution < -0.4 is 0 Å². The molecule has 3 nitrogen and oxygen atoms in total. The average Bonchev–Trinajstić information content (AvgIpc) is 2.20. The molecular formula is C7H10O3. The second-order valence-electron chi connectivity index (χ2n) is 2.18. The summed E-state index contributed by atoms with van der Waals surface area (Å²) in [5, 5.41) is 9.08. The lowest BCUT2D eigenvalue weighted by Crippen LogP contribution is -2.08. The molecular weight excluding hydrogens is 132 g/mol. The maximum absolute atomic E-state index is 10.7. The van der Waals surface area contributed by atoms with E-state index < -0.39 is 6.10 Å². The predicted molar refractivity (Wildman–Crippen MR) is 35.3 cm³/mol. The topological polar surface area (TPSA) is 46.5 Å². The van der Waals surface area contributed by atoms with Crippen LogP contribution in [-0.2, 0) is 9.53 Å². The lowest BCUT2D eigenvalue weighted by molar-refractivity contribution is -0.135. The van der Waals surface area contributed by atoms with Crippen LogP contribution >= 0.6 is 0 Å². The van der Waals surface area contributed by atoms with Crippen LogP contribution in [0.4, 0.5) is 0 Å². The quantitative estimate of drug-likeness (QED) is 0.421. The molecule has 0 bridgehead atoms. The number of hydrogen-bond acceptors (Lipinski definition) is 3. The van der Waals surface area contributed by atoms with Gasteiger partial charge in [0.1, 0.15) is 12.7 Å². The number of cyclic esters (lactones) is 1. The molecule has 1 unspecified atom stereocenters. The molecule has 1 fully saturated rings. The lowest BCUT2D eigenvalue weighted by atomic mass is 10.1. The first-order valence-corrected chi connectivity index (χ1v) is 3.31. The van der Waals surface area contributed by atoms with Crippen molar-refractivity contribution in [3.8, 4) is 0 Å². The molecule has 0 aliphatic carbocycles. The van der Waals surface area contributed by atoms with Crippen molar-refractivity contribution in [2.45, 2.75) is 19.4 Å². The van der Waals surface area contributed by atoms with Gasteiger partial charge in [0, 0.05) is 0 Å². The van der Waals surface area contributed by atoms with E-state index in [9.17, 15) is 4.79 Å². The summed E-state index contributed by atoms with van der Waals surface area (Å²) in [5.74, 6) is -0.380. The van der Waals surface area contributed by atoms with Crippen molar-refractivity contribution in [3.05, 3.63) is 11.6 Å². The Bertz CT molecular complexity index is 172. The zero-order valence-electron chi connectivity index (χ0n) is 5.83. The number of esters is 1. The Balaban J connectivity index is 2.72. The second kappa shape index (κ2) is 2.84. The first kappa shape index (κ1) is 7.28. The third-order valence-corrected chi connectivity index (χ3v) is 1.39. The van der Waals surface area contributed by atoms with Crippen LogP contribution in [0.1, 0.15) is 13.3 Å². The van der Waals surface area contributed by atoms with Gasteiger partial charge in [0.05, 0.1) is 5.57 Å². The molecule has 0 aromatic rings. The SMILES string of the molecule is CCC=C1C(=O)OCC1O. The van der Waals surface area contributed by atoms with Gasteiger partial charge in [0.15, 0.2) is 0 Å². The number of carbonyl (C=O) groups excluding carboxylic acids is 1. The number of allylic oxidation sites excluding steroid dienone is 1. The molecule has 1 aliphatic rings. The molecule has 3 heteroatoms. The van der Waals surface area contributed by atoms with Gasteiger partial charge in [0.2, 0.25) is 0 Å². The van der Waals surface area contributed by atoms with Gasteiger partial charge in [-0.1, -0.05) is 13.0 Å². The van der Waals surface area contributed by atoms with E-state index in [1.54, 1.807) is 6.08 Å². The van der Waals surface area contributed by atoms with Gasteiger partial charge in [-0.3, -0.25) is 0 Å². The fraction of sp³-hybridized carbons (Fsp3) is 0.571. The van der Waals surface area contributed by atoms with E-state index in [4.69, 9.17) is 5.11 Å². The molecule has 56 valence electrons. The molecule has 0 aromatic carbocycles. The van der Waals surface area contributed by atoms with Crippen molar-refractivity contribution in [1.82, 2.24) is 0 Å². The van der Waals surface area contributed by atoms with Crippen LogP contribution in [0, 0.1) is 0 Å². The lowest BCUT2D eigenvalue weighted by Gasteiger charge is -1.94. The molecule has 1 rings (SSSR count). The van der Waals surface area contributed by atoms with Crippen LogP contribution in [-0.4, -0.2) is 23.8 Å². The standard InChI is InChI=1S/C7H10O3/c1-2-3-5-6(8)4-10-7(5)9/h3,6,8H,2,4H2,1H3. The smallest absolute Gasteiger partial charge is 0.336 e. The molecule has 0 amide bonds. The Kier molecular flexibility index (Phi) is 2.06. The minimum Gasteiger partial charge on any atom is -0.459 e. The van der Waals surface area contributed by atoms with E-state index in [1.165, 1.54) is 0 Å². The van der Waals surface area contributed by atoms with Crippen molar-refractivity contribution in [2.75, 3.05) is 6.61 Å². The van der Waals surface area contributed by atoms with Crippen LogP contribution in [0.2, 0.25) is 0 Å². The summed E-state index contributed by atoms with van der Waals surface area (Å²) in [4.78, 5) is 10.7. The highest BCUT2D eigenvalue weighted by molar-refractivity contribution is 5.91. The number of hydrogen-bond donors (Lipinski definition) is 1. The first-order chi connectivity index (χ1) is 4.75. The summed E-state index contributed by atoms with van der Waals surface area (Å²) >= 11 is 0. The Morgan fingerprint density at radius 1 is 1.90 bits per heavy atom. The van der Waals surface area contributed by atoms with Crippen LogP contribution in [0.15, 0.2) is 11.6 Å². The normalized spacial score (nSPS) is 29.2. The first-order valence-electron chi connectivity index (χ1n) is 3.31. The van der Waals surface area contributed by atoms with Crippen molar-refractivity contribution < 1.29 is 14.6 Å². The molecule has 0 spiro atoms. The van der Waals surface area contributed by atoms with Gasteiger partial charge >= 0.3 is 5.97 Å². The zero-order valence-corrected chi connectivity index (χ0v) is 5.83. The largest absolute Gasteiger partial charge is 0.459 e. The Morgan fingerprint density at radius 2 is 2.60 bits per heavy atom. The minimum atomic E-state index is -0.701. The van der Waals surface area contributed by atoms with E-state index in [1.807, 2.05) is 6.92 Å². The summed E-state index contributed by atoms with van der Waals surface area (Å²) in [6.07, 6.45) is 1.74. The summed E-state index contributed by atoms with van der Waals surface area (Å²) in [5.41, 5.74) is 0.405. The Hall–Kier alpha value is -0.830. The van der Waals surface area contributed by atoms with Crippen LogP contribution in [0.25, 0.3) is 0 Å². The molecule has 10 heavy (non-hydrogen) atoms. The highest BCUT2D eigenvalue weighted by atomic mass is 16.6. The summed E-state index contributed by atoms with van der Waals surface area (Å²) < 4.78 is 4.57. The fourth-order valence-corrected chi connectivity index (χ4v) is 0.903. The Morgan fingerprint density at radius 3 is 3.00 bits per heavy atom. The molecule has 1 saturated heterocycles. The van der Waals surface area contributed by atoms with Gasteiger partial charge in [0.25, 0.3) is 0 Å². The third-order valence-electron chi connectivity index (χ3n) is 1.39. The van der Waals surface area contributed by atoms with Gasteiger partial charge in [-0.15, -0.1) is 0 Å². The number of aliphatic hydroxyl groups is 1. The highest BCUT2D eigenvalue weighted by Gasteiger charge is 2.27. The van der Waals surface area contributed by atoms with Crippen molar-refractivity contribution >= 4 is 5.97 Å². The molecule has 1 aliphatic heterocycles. The predicted octanol–water partition coefficient (Wildman–Crippen LogP) is 0.240. The second-order valence-corrected chi connectivity index (χ2v) is 2.18. The van der Waals surface area contributed by atoms with E-state index in [2.05, 4.69) is 4.74 Å². The number of aliphatic hydroxyl groups excluding tert-OH is 1. The van der Waals surface area contributed by atoms with Gasteiger partial charge < -0.3 is 9.84 Å². The maximum Gasteiger partial charge on any atom is 0.336 e. The number of carbonyl (C=O) groups is 1. The number of rotatable bonds is 1. The molecule has 0 saturated carbocycles. The average molecular weight is 142 g/mol. The highest BCUT2D eigenvalue weighted by Crippen LogP contribution is 2.14. The van der Waals surface area contributed by atoms with Gasteiger partial charge in [-0.2, -0.15) is 0 Å². The van der Waals surface area contributed by atoms with Crippen LogP contribution in [0.3, 0.4) is 0 Å². The van der Waals surface area contributed by atoms with Crippen molar-refractivity contribution in [3.63, 3.8) is 0 Å². The summed E-state index contributed by atoms with van der Waals surface area (Å²) in [6, 6.07) is 0. The van der Waals surface area contributed by atoms with Gasteiger partial charge in [-0.25, -0.2) is 4.79 Å². The Labute approximate surface area is 59.3 Å². The van der Waals surface area contributed by atoms with E-state index in [-0.39, 0.29) is 12.6 Å². The minimum absolute atomic E-state index is 0.116. The van der Waals surface area contributed by atoms with Crippen LogP contribution in [0.5, 0.6) is 0 Å². The van der Waals surface area contributed by atoms with E-state index in [0.717, 1.165) is 6.42 Å². The zero-order chi connectivity index (χ0) is 7.56. The van der Waals surface area contributed by atoms with Crippen molar-refractivity contribution in [2.24, 2.45) is 0 Å². The van der Waals surface area contributed by atoms with Crippen molar-refractivity contribution in [1.29, 1.82) is 0 Å². The monoisotopic (exact) mass is 142 g/mol. The summed E-state index contributed by atoms with van der Waals surface area (Å²) in [6.45, 7) is 2.02. The maximum atomic E-state index is 10.7. The molecule has 1 atom stereocenters. The number of ether oxygens (including phenoxy) is 1. The molecule has 0 radical (unpaired) electrons. The molecule has 1 N–H and O–H groups in total. The van der Waals surface area contributed by atoms with E-state index >= 15 is 0 Å². The fourth-order valence-electron chi connectivity index (χ4n) is 0.903.